The second-order valence-corrected chi connectivity index (χ2v) is 6.92. The minimum atomic E-state index is 0.842. The summed E-state index contributed by atoms with van der Waals surface area (Å²) in [6.07, 6.45) is 22.4. The SMILES string of the molecule is C1CCCC2(CC1)CCCCC2.c1cc2cc[nH]c2cn1. The fraction of sp³-hybridized carbons (Fsp3) is 0.632. The fourth-order valence-electron chi connectivity index (χ4n) is 4.17. The number of aromatic nitrogens is 2. The first kappa shape index (κ1) is 14.6. The van der Waals surface area contributed by atoms with Gasteiger partial charge in [-0.2, -0.15) is 0 Å². The van der Waals surface area contributed by atoms with Crippen molar-refractivity contribution in [3.63, 3.8) is 0 Å². The lowest BCUT2D eigenvalue weighted by Crippen LogP contribution is -2.22. The number of rotatable bonds is 0. The average Bonchev–Trinajstić information content (AvgIpc) is 2.91. The van der Waals surface area contributed by atoms with E-state index in [1.807, 2.05) is 24.5 Å². The molecule has 0 unspecified atom stereocenters. The van der Waals surface area contributed by atoms with Gasteiger partial charge in [0.05, 0.1) is 11.7 Å². The van der Waals surface area contributed by atoms with Gasteiger partial charge in [-0.25, -0.2) is 0 Å². The Morgan fingerprint density at radius 1 is 0.810 bits per heavy atom. The molecule has 114 valence electrons. The van der Waals surface area contributed by atoms with E-state index in [9.17, 15) is 0 Å². The highest BCUT2D eigenvalue weighted by Gasteiger charge is 2.31. The maximum Gasteiger partial charge on any atom is 0.0640 e. The Bertz CT molecular complexity index is 497. The lowest BCUT2D eigenvalue weighted by atomic mass is 9.69. The zero-order valence-corrected chi connectivity index (χ0v) is 13.1. The van der Waals surface area contributed by atoms with E-state index in [-0.39, 0.29) is 0 Å². The molecule has 2 heterocycles. The first-order chi connectivity index (χ1) is 10.4. The quantitative estimate of drug-likeness (QED) is 0.645. The van der Waals surface area contributed by atoms with Gasteiger partial charge >= 0.3 is 0 Å². The van der Waals surface area contributed by atoms with Crippen molar-refractivity contribution in [1.82, 2.24) is 9.97 Å². The van der Waals surface area contributed by atoms with Gasteiger partial charge in [-0.1, -0.05) is 44.9 Å². The number of H-pyrrole nitrogens is 1. The molecular formula is C19H28N2. The average molecular weight is 284 g/mol. The van der Waals surface area contributed by atoms with Crippen LogP contribution in [0.25, 0.3) is 10.9 Å². The highest BCUT2D eigenvalue weighted by atomic mass is 14.7. The van der Waals surface area contributed by atoms with Gasteiger partial charge in [-0.15, -0.1) is 0 Å². The molecule has 2 heteroatoms. The van der Waals surface area contributed by atoms with E-state index in [0.29, 0.717) is 0 Å². The van der Waals surface area contributed by atoms with Crippen molar-refractivity contribution in [1.29, 1.82) is 0 Å². The topological polar surface area (TPSA) is 28.7 Å². The van der Waals surface area contributed by atoms with E-state index in [4.69, 9.17) is 0 Å². The van der Waals surface area contributed by atoms with Crippen LogP contribution >= 0.6 is 0 Å². The molecule has 2 aromatic heterocycles. The van der Waals surface area contributed by atoms with Crippen molar-refractivity contribution in [2.24, 2.45) is 5.41 Å². The van der Waals surface area contributed by atoms with Crippen molar-refractivity contribution >= 4 is 10.9 Å². The molecule has 2 fully saturated rings. The van der Waals surface area contributed by atoms with Gasteiger partial charge in [0, 0.05) is 17.8 Å². The molecule has 2 aliphatic carbocycles. The summed E-state index contributed by atoms with van der Waals surface area (Å²) < 4.78 is 0. The van der Waals surface area contributed by atoms with Crippen molar-refractivity contribution in [2.45, 2.75) is 70.6 Å². The van der Waals surface area contributed by atoms with Gasteiger partial charge in [0.1, 0.15) is 0 Å². The van der Waals surface area contributed by atoms with E-state index in [1.54, 1.807) is 31.9 Å². The van der Waals surface area contributed by atoms with Gasteiger partial charge in [0.15, 0.2) is 0 Å². The highest BCUT2D eigenvalue weighted by Crippen LogP contribution is 2.46. The Kier molecular flexibility index (Phi) is 4.95. The maximum atomic E-state index is 3.95. The highest BCUT2D eigenvalue weighted by molar-refractivity contribution is 5.77. The zero-order valence-electron chi connectivity index (χ0n) is 13.1. The Morgan fingerprint density at radius 3 is 2.05 bits per heavy atom. The van der Waals surface area contributed by atoms with Crippen LogP contribution in [-0.4, -0.2) is 9.97 Å². The number of nitrogens with zero attached hydrogens (tertiary/aromatic N) is 1. The third kappa shape index (κ3) is 3.87. The van der Waals surface area contributed by atoms with Crippen LogP contribution in [0.15, 0.2) is 30.7 Å². The van der Waals surface area contributed by atoms with Crippen LogP contribution in [0, 0.1) is 5.41 Å². The van der Waals surface area contributed by atoms with Gasteiger partial charge in [-0.3, -0.25) is 4.98 Å². The van der Waals surface area contributed by atoms with Crippen molar-refractivity contribution in [3.05, 3.63) is 30.7 Å². The third-order valence-corrected chi connectivity index (χ3v) is 5.43. The van der Waals surface area contributed by atoms with Crippen molar-refractivity contribution < 1.29 is 0 Å². The number of pyridine rings is 1. The van der Waals surface area contributed by atoms with Gasteiger partial charge in [0.2, 0.25) is 0 Å². The second kappa shape index (κ2) is 7.11. The predicted molar refractivity (Wildman–Crippen MR) is 89.3 cm³/mol. The number of fused-ring (bicyclic) bond motifs is 1. The van der Waals surface area contributed by atoms with E-state index in [2.05, 4.69) is 9.97 Å². The molecule has 0 aromatic carbocycles. The molecule has 2 saturated carbocycles. The summed E-state index contributed by atoms with van der Waals surface area (Å²) in [6, 6.07) is 4.00. The van der Waals surface area contributed by atoms with Crippen LogP contribution in [0.2, 0.25) is 0 Å². The molecule has 1 spiro atoms. The minimum Gasteiger partial charge on any atom is -0.360 e. The number of nitrogens with one attached hydrogen (secondary N) is 1. The number of hydrogen-bond acceptors (Lipinski definition) is 1. The third-order valence-electron chi connectivity index (χ3n) is 5.43. The summed E-state index contributed by atoms with van der Waals surface area (Å²) in [5.41, 5.74) is 1.94. The first-order valence-electron chi connectivity index (χ1n) is 8.75. The standard InChI is InChI=1S/C12H22.C7H6N2/c1-2-5-9-12(8-4-1)10-6-3-7-11-12;1-3-8-5-7-6(1)2-4-9-7/h1-11H2;1-5,9H. The Balaban J connectivity index is 0.000000131. The van der Waals surface area contributed by atoms with Crippen molar-refractivity contribution in [2.75, 3.05) is 0 Å². The summed E-state index contributed by atoms with van der Waals surface area (Å²) in [4.78, 5) is 7.01. The summed E-state index contributed by atoms with van der Waals surface area (Å²) in [7, 11) is 0. The molecule has 1 N–H and O–H groups in total. The van der Waals surface area contributed by atoms with E-state index < -0.39 is 0 Å². The Labute approximate surface area is 128 Å². The molecular weight excluding hydrogens is 256 g/mol. The molecule has 0 radical (unpaired) electrons. The van der Waals surface area contributed by atoms with E-state index >= 15 is 0 Å². The first-order valence-corrected chi connectivity index (χ1v) is 8.75. The van der Waals surface area contributed by atoms with Crippen LogP contribution in [0.4, 0.5) is 0 Å². The maximum absolute atomic E-state index is 3.95. The van der Waals surface area contributed by atoms with E-state index in [1.165, 1.54) is 50.3 Å². The van der Waals surface area contributed by atoms with E-state index in [0.717, 1.165) is 10.9 Å². The van der Waals surface area contributed by atoms with Crippen molar-refractivity contribution in [3.8, 4) is 0 Å². The fourth-order valence-corrected chi connectivity index (χ4v) is 4.17. The minimum absolute atomic E-state index is 0.842. The van der Waals surface area contributed by atoms with Crippen LogP contribution in [0.3, 0.4) is 0 Å². The molecule has 2 aromatic rings. The van der Waals surface area contributed by atoms with Crippen LogP contribution < -0.4 is 0 Å². The lowest BCUT2D eigenvalue weighted by molar-refractivity contribution is 0.161. The second-order valence-electron chi connectivity index (χ2n) is 6.92. The monoisotopic (exact) mass is 284 g/mol. The molecule has 0 atom stereocenters. The molecule has 2 nitrogen and oxygen atoms in total. The molecule has 4 rings (SSSR count). The zero-order chi connectivity index (χ0) is 14.4. The van der Waals surface area contributed by atoms with Crippen LogP contribution in [0.1, 0.15) is 70.6 Å². The van der Waals surface area contributed by atoms with Gasteiger partial charge in [-0.05, 0) is 43.2 Å². The van der Waals surface area contributed by atoms with Gasteiger partial charge < -0.3 is 4.98 Å². The molecule has 0 saturated heterocycles. The Hall–Kier alpha value is -1.31. The molecule has 2 aliphatic rings. The Morgan fingerprint density at radius 2 is 1.43 bits per heavy atom. The summed E-state index contributed by atoms with van der Waals surface area (Å²) in [5, 5.41) is 1.21. The normalized spacial score (nSPS) is 21.5. The molecule has 0 bridgehead atoms. The number of aromatic amines is 1. The molecule has 0 amide bonds. The predicted octanol–water partition coefficient (Wildman–Crippen LogP) is 5.85. The lowest BCUT2D eigenvalue weighted by Gasteiger charge is -2.36. The summed E-state index contributed by atoms with van der Waals surface area (Å²) in [5.74, 6) is 0. The largest absolute Gasteiger partial charge is 0.360 e. The summed E-state index contributed by atoms with van der Waals surface area (Å²) >= 11 is 0. The summed E-state index contributed by atoms with van der Waals surface area (Å²) in [6.45, 7) is 0. The smallest absolute Gasteiger partial charge is 0.0640 e. The number of hydrogen-bond donors (Lipinski definition) is 1. The molecule has 0 aliphatic heterocycles. The van der Waals surface area contributed by atoms with Crippen LogP contribution in [0.5, 0.6) is 0 Å². The molecule has 21 heavy (non-hydrogen) atoms. The van der Waals surface area contributed by atoms with Gasteiger partial charge in [0.25, 0.3) is 0 Å². The van der Waals surface area contributed by atoms with Crippen LogP contribution in [-0.2, 0) is 0 Å².